The van der Waals surface area contributed by atoms with Gasteiger partial charge in [-0.05, 0) is 36.2 Å². The van der Waals surface area contributed by atoms with Crippen molar-refractivity contribution in [3.05, 3.63) is 54.4 Å². The summed E-state index contributed by atoms with van der Waals surface area (Å²) in [5.74, 6) is 1.45. The van der Waals surface area contributed by atoms with Crippen molar-refractivity contribution < 1.29 is 9.84 Å². The minimum Gasteiger partial charge on any atom is -0.456 e. The molecule has 0 fully saturated rings. The maximum Gasteiger partial charge on any atom is 0.145 e. The van der Waals surface area contributed by atoms with Gasteiger partial charge >= 0.3 is 0 Å². The van der Waals surface area contributed by atoms with Crippen LogP contribution in [-0.2, 0) is 0 Å². The summed E-state index contributed by atoms with van der Waals surface area (Å²) in [6, 6.07) is 11.1. The number of aliphatic hydroxyl groups excluding tert-OH is 1. The monoisotopic (exact) mass is 229 g/mol. The van der Waals surface area contributed by atoms with E-state index in [0.717, 1.165) is 11.3 Å². The van der Waals surface area contributed by atoms with E-state index in [2.05, 4.69) is 4.98 Å². The molecule has 0 amide bonds. The van der Waals surface area contributed by atoms with E-state index >= 15 is 0 Å². The second-order valence-electron chi connectivity index (χ2n) is 3.78. The molecule has 0 aliphatic heterocycles. The average Bonchev–Trinajstić information content (AvgIpc) is 2.40. The zero-order valence-electron chi connectivity index (χ0n) is 9.71. The number of ether oxygens (including phenoxy) is 1. The van der Waals surface area contributed by atoms with E-state index in [0.29, 0.717) is 12.2 Å². The van der Waals surface area contributed by atoms with E-state index in [4.69, 9.17) is 4.74 Å². The second kappa shape index (κ2) is 5.46. The summed E-state index contributed by atoms with van der Waals surface area (Å²) in [6.07, 6.45) is 3.67. The van der Waals surface area contributed by atoms with Gasteiger partial charge in [0, 0.05) is 6.20 Å². The molecular weight excluding hydrogens is 214 g/mol. The lowest BCUT2D eigenvalue weighted by molar-refractivity contribution is 0.173. The smallest absolute Gasteiger partial charge is 0.145 e. The predicted octanol–water partition coefficient (Wildman–Crippen LogP) is 3.32. The lowest BCUT2D eigenvalue weighted by Gasteiger charge is -2.09. The summed E-state index contributed by atoms with van der Waals surface area (Å²) >= 11 is 0. The van der Waals surface area contributed by atoms with Crippen LogP contribution < -0.4 is 4.74 Å². The Morgan fingerprint density at radius 3 is 2.53 bits per heavy atom. The molecule has 0 radical (unpaired) electrons. The molecule has 2 rings (SSSR count). The van der Waals surface area contributed by atoms with Crippen molar-refractivity contribution in [1.82, 2.24) is 4.98 Å². The third-order valence-electron chi connectivity index (χ3n) is 2.52. The zero-order chi connectivity index (χ0) is 12.1. The molecule has 1 aromatic carbocycles. The Bertz CT molecular complexity index is 453. The second-order valence-corrected chi connectivity index (χ2v) is 3.78. The first-order valence-electron chi connectivity index (χ1n) is 5.65. The number of aromatic nitrogens is 1. The molecule has 17 heavy (non-hydrogen) atoms. The summed E-state index contributed by atoms with van der Waals surface area (Å²) in [4.78, 5) is 3.97. The van der Waals surface area contributed by atoms with Gasteiger partial charge in [-0.1, -0.05) is 19.1 Å². The summed E-state index contributed by atoms with van der Waals surface area (Å²) in [5.41, 5.74) is 0.908. The van der Waals surface area contributed by atoms with Crippen molar-refractivity contribution in [1.29, 1.82) is 0 Å². The van der Waals surface area contributed by atoms with Crippen molar-refractivity contribution in [2.24, 2.45) is 0 Å². The average molecular weight is 229 g/mol. The fourth-order valence-electron chi connectivity index (χ4n) is 1.54. The molecule has 0 bridgehead atoms. The third kappa shape index (κ3) is 3.04. The van der Waals surface area contributed by atoms with Crippen LogP contribution in [0.25, 0.3) is 0 Å². The fourth-order valence-corrected chi connectivity index (χ4v) is 1.54. The van der Waals surface area contributed by atoms with Gasteiger partial charge < -0.3 is 9.84 Å². The Kier molecular flexibility index (Phi) is 3.73. The summed E-state index contributed by atoms with van der Waals surface area (Å²) in [5, 5.41) is 9.66. The highest BCUT2D eigenvalue weighted by Gasteiger charge is 2.04. The van der Waals surface area contributed by atoms with Crippen LogP contribution in [0.3, 0.4) is 0 Å². The number of aliphatic hydroxyl groups is 1. The van der Waals surface area contributed by atoms with E-state index in [1.54, 1.807) is 12.4 Å². The molecule has 1 atom stereocenters. The van der Waals surface area contributed by atoms with Crippen LogP contribution in [0, 0.1) is 0 Å². The molecule has 0 aliphatic rings. The highest BCUT2D eigenvalue weighted by molar-refractivity contribution is 5.32. The largest absolute Gasteiger partial charge is 0.456 e. The van der Waals surface area contributed by atoms with Gasteiger partial charge in [-0.15, -0.1) is 0 Å². The molecular formula is C14H15NO2. The molecule has 0 spiro atoms. The topological polar surface area (TPSA) is 42.4 Å². The molecule has 0 unspecified atom stereocenters. The van der Waals surface area contributed by atoms with Gasteiger partial charge in [-0.3, -0.25) is 4.98 Å². The van der Waals surface area contributed by atoms with Gasteiger partial charge in [0.2, 0.25) is 0 Å². The normalized spacial score (nSPS) is 12.1. The van der Waals surface area contributed by atoms with E-state index < -0.39 is 6.10 Å². The van der Waals surface area contributed by atoms with Gasteiger partial charge in [0.15, 0.2) is 0 Å². The van der Waals surface area contributed by atoms with E-state index in [9.17, 15) is 5.11 Å². The Labute approximate surface area is 101 Å². The molecule has 1 aromatic heterocycles. The summed E-state index contributed by atoms with van der Waals surface area (Å²) in [7, 11) is 0. The first kappa shape index (κ1) is 11.6. The van der Waals surface area contributed by atoms with Crippen molar-refractivity contribution in [2.75, 3.05) is 0 Å². The number of benzene rings is 1. The van der Waals surface area contributed by atoms with Crippen LogP contribution in [0.5, 0.6) is 11.5 Å². The van der Waals surface area contributed by atoms with Gasteiger partial charge in [0.25, 0.3) is 0 Å². The molecule has 3 nitrogen and oxygen atoms in total. The van der Waals surface area contributed by atoms with Crippen LogP contribution in [0.15, 0.2) is 48.8 Å². The van der Waals surface area contributed by atoms with Crippen LogP contribution in [-0.4, -0.2) is 10.1 Å². The maximum atomic E-state index is 9.66. The fraction of sp³-hybridized carbons (Fsp3) is 0.214. The molecule has 88 valence electrons. The SMILES string of the molecule is CC[C@@H](O)c1ccc(Oc2cccnc2)cc1. The van der Waals surface area contributed by atoms with E-state index in [-0.39, 0.29) is 0 Å². The van der Waals surface area contributed by atoms with Crippen molar-refractivity contribution in [3.8, 4) is 11.5 Å². The maximum absolute atomic E-state index is 9.66. The first-order chi connectivity index (χ1) is 8.29. The van der Waals surface area contributed by atoms with E-state index in [1.165, 1.54) is 0 Å². The van der Waals surface area contributed by atoms with Gasteiger partial charge in [0.1, 0.15) is 11.5 Å². The van der Waals surface area contributed by atoms with E-state index in [1.807, 2.05) is 43.3 Å². The Balaban J connectivity index is 2.08. The third-order valence-corrected chi connectivity index (χ3v) is 2.52. The molecule has 3 heteroatoms. The molecule has 2 aromatic rings. The van der Waals surface area contributed by atoms with Gasteiger partial charge in [-0.25, -0.2) is 0 Å². The Hall–Kier alpha value is -1.87. The summed E-state index contributed by atoms with van der Waals surface area (Å²) in [6.45, 7) is 1.95. The van der Waals surface area contributed by atoms with Crippen LogP contribution in [0.4, 0.5) is 0 Å². The molecule has 0 aliphatic carbocycles. The first-order valence-corrected chi connectivity index (χ1v) is 5.65. The Morgan fingerprint density at radius 1 is 1.18 bits per heavy atom. The lowest BCUT2D eigenvalue weighted by Crippen LogP contribution is -1.94. The number of hydrogen-bond acceptors (Lipinski definition) is 3. The summed E-state index contributed by atoms with van der Waals surface area (Å²) < 4.78 is 5.60. The number of rotatable bonds is 4. The highest BCUT2D eigenvalue weighted by Crippen LogP contribution is 2.23. The minimum absolute atomic E-state index is 0.401. The molecule has 1 heterocycles. The lowest BCUT2D eigenvalue weighted by atomic mass is 10.1. The Morgan fingerprint density at radius 2 is 1.94 bits per heavy atom. The molecule has 0 saturated heterocycles. The predicted molar refractivity (Wildman–Crippen MR) is 66.0 cm³/mol. The van der Waals surface area contributed by atoms with Crippen molar-refractivity contribution in [3.63, 3.8) is 0 Å². The van der Waals surface area contributed by atoms with Crippen LogP contribution >= 0.6 is 0 Å². The number of nitrogens with zero attached hydrogens (tertiary/aromatic N) is 1. The van der Waals surface area contributed by atoms with Crippen LogP contribution in [0.2, 0.25) is 0 Å². The number of pyridine rings is 1. The van der Waals surface area contributed by atoms with Gasteiger partial charge in [0.05, 0.1) is 12.3 Å². The molecule has 0 saturated carbocycles. The van der Waals surface area contributed by atoms with Crippen LogP contribution in [0.1, 0.15) is 25.0 Å². The highest BCUT2D eigenvalue weighted by atomic mass is 16.5. The van der Waals surface area contributed by atoms with Crippen molar-refractivity contribution in [2.45, 2.75) is 19.4 Å². The standard InChI is InChI=1S/C14H15NO2/c1-2-14(16)11-5-7-12(8-6-11)17-13-4-3-9-15-10-13/h3-10,14,16H,2H2,1H3/t14-/m1/s1. The zero-order valence-corrected chi connectivity index (χ0v) is 9.71. The molecule has 1 N–H and O–H groups in total. The minimum atomic E-state index is -0.401. The quantitative estimate of drug-likeness (QED) is 0.874. The van der Waals surface area contributed by atoms with Gasteiger partial charge in [-0.2, -0.15) is 0 Å². The number of hydrogen-bond donors (Lipinski definition) is 1. The van der Waals surface area contributed by atoms with Crippen molar-refractivity contribution >= 4 is 0 Å².